The second-order valence-corrected chi connectivity index (χ2v) is 11.2. The zero-order chi connectivity index (χ0) is 24.0. The van der Waals surface area contributed by atoms with E-state index < -0.39 is 9.84 Å². The van der Waals surface area contributed by atoms with Crippen LogP contribution in [0.1, 0.15) is 24.0 Å². The fourth-order valence-electron chi connectivity index (χ4n) is 3.64. The lowest BCUT2D eigenvalue weighted by molar-refractivity contribution is -0.118. The summed E-state index contributed by atoms with van der Waals surface area (Å²) >= 11 is 1.42. The summed E-state index contributed by atoms with van der Waals surface area (Å²) in [6.07, 6.45) is 0.387. The molecule has 0 N–H and O–H groups in total. The molecule has 0 fully saturated rings. The van der Waals surface area contributed by atoms with Crippen molar-refractivity contribution in [1.82, 2.24) is 4.98 Å². The zero-order valence-electron chi connectivity index (χ0n) is 18.9. The Morgan fingerprint density at radius 3 is 2.32 bits per heavy atom. The van der Waals surface area contributed by atoms with Crippen LogP contribution in [0.15, 0.2) is 78.9 Å². The van der Waals surface area contributed by atoms with Crippen molar-refractivity contribution in [2.45, 2.75) is 25.1 Å². The first-order valence-corrected chi connectivity index (χ1v) is 13.6. The fourth-order valence-corrected chi connectivity index (χ4v) is 6.08. The van der Waals surface area contributed by atoms with Crippen molar-refractivity contribution in [1.29, 1.82) is 0 Å². The molecule has 0 aliphatic heterocycles. The van der Waals surface area contributed by atoms with E-state index in [2.05, 4.69) is 4.98 Å². The van der Waals surface area contributed by atoms with Crippen LogP contribution in [-0.2, 0) is 26.9 Å². The van der Waals surface area contributed by atoms with E-state index in [1.54, 1.807) is 24.1 Å². The normalized spacial score (nSPS) is 11.4. The monoisotopic (exact) mass is 494 g/mol. The van der Waals surface area contributed by atoms with Gasteiger partial charge in [0, 0.05) is 6.42 Å². The molecule has 6 nitrogen and oxygen atoms in total. The number of carbonyl (C=O) groups excluding carboxylic acids is 1. The molecule has 0 aliphatic carbocycles. The summed E-state index contributed by atoms with van der Waals surface area (Å²) in [5.41, 5.74) is 2.52. The highest BCUT2D eigenvalue weighted by Crippen LogP contribution is 2.32. The lowest BCUT2D eigenvalue weighted by atomic mass is 10.2. The van der Waals surface area contributed by atoms with Crippen LogP contribution in [0, 0.1) is 0 Å². The molecule has 4 aromatic rings. The Hall–Kier alpha value is -3.23. The second-order valence-electron chi connectivity index (χ2n) is 7.98. The number of ether oxygens (including phenoxy) is 1. The van der Waals surface area contributed by atoms with Crippen LogP contribution in [0.3, 0.4) is 0 Å². The van der Waals surface area contributed by atoms with Crippen LogP contribution in [0.25, 0.3) is 10.2 Å². The van der Waals surface area contributed by atoms with Crippen molar-refractivity contribution < 1.29 is 17.9 Å². The molecular weight excluding hydrogens is 468 g/mol. The van der Waals surface area contributed by atoms with Gasteiger partial charge in [0.05, 0.1) is 35.4 Å². The van der Waals surface area contributed by atoms with Gasteiger partial charge in [-0.15, -0.1) is 0 Å². The topological polar surface area (TPSA) is 76.6 Å². The molecule has 1 aromatic heterocycles. The number of anilines is 1. The fraction of sp³-hybridized carbons (Fsp3) is 0.231. The molecule has 0 saturated carbocycles. The molecule has 0 aliphatic rings. The van der Waals surface area contributed by atoms with Crippen LogP contribution >= 0.6 is 11.3 Å². The molecule has 0 spiro atoms. The molecule has 1 heterocycles. The summed E-state index contributed by atoms with van der Waals surface area (Å²) < 4.78 is 31.3. The van der Waals surface area contributed by atoms with Gasteiger partial charge in [-0.3, -0.25) is 9.69 Å². The first-order valence-electron chi connectivity index (χ1n) is 11.0. The highest BCUT2D eigenvalue weighted by atomic mass is 32.2. The quantitative estimate of drug-likeness (QED) is 0.302. The Morgan fingerprint density at radius 1 is 0.971 bits per heavy atom. The van der Waals surface area contributed by atoms with Gasteiger partial charge in [0.1, 0.15) is 5.75 Å². The minimum atomic E-state index is -3.31. The summed E-state index contributed by atoms with van der Waals surface area (Å²) in [5.74, 6) is 0.524. The Kier molecular flexibility index (Phi) is 7.59. The van der Waals surface area contributed by atoms with Crippen molar-refractivity contribution in [2.75, 3.05) is 17.8 Å². The van der Waals surface area contributed by atoms with E-state index in [4.69, 9.17) is 4.74 Å². The predicted octanol–water partition coefficient (Wildman–Crippen LogP) is 5.23. The number of fused-ring (bicyclic) bond motifs is 1. The van der Waals surface area contributed by atoms with E-state index in [1.807, 2.05) is 66.7 Å². The number of sulfone groups is 1. The van der Waals surface area contributed by atoms with Crippen LogP contribution in [0.2, 0.25) is 0 Å². The number of hydrogen-bond donors (Lipinski definition) is 0. The summed E-state index contributed by atoms with van der Waals surface area (Å²) in [6.45, 7) is 0.368. The van der Waals surface area contributed by atoms with E-state index in [-0.39, 0.29) is 30.3 Å². The van der Waals surface area contributed by atoms with Crippen LogP contribution in [-0.4, -0.2) is 32.2 Å². The standard InChI is InChI=1S/C26H26N2O4S2/c1-32-22-14-15-23-24(17-22)33-26(27-23)28(18-20-9-4-2-5-10-20)25(29)13-8-16-34(30,31)19-21-11-6-3-7-12-21/h2-7,9-12,14-15,17H,8,13,16,18-19H2,1H3. The number of rotatable bonds is 10. The number of carbonyl (C=O) groups is 1. The summed E-state index contributed by atoms with van der Waals surface area (Å²) in [4.78, 5) is 19.6. The Labute approximate surface area is 203 Å². The summed E-state index contributed by atoms with van der Waals surface area (Å²) in [7, 11) is -1.69. The third-order valence-electron chi connectivity index (χ3n) is 5.38. The van der Waals surface area contributed by atoms with Crippen molar-refractivity contribution in [3.05, 3.63) is 90.0 Å². The molecule has 3 aromatic carbocycles. The molecule has 34 heavy (non-hydrogen) atoms. The summed E-state index contributed by atoms with van der Waals surface area (Å²) in [6, 6.07) is 24.4. The average Bonchev–Trinajstić information content (AvgIpc) is 3.26. The smallest absolute Gasteiger partial charge is 0.229 e. The van der Waals surface area contributed by atoms with Gasteiger partial charge >= 0.3 is 0 Å². The maximum atomic E-state index is 13.3. The molecule has 0 atom stereocenters. The first-order chi connectivity index (χ1) is 16.4. The van der Waals surface area contributed by atoms with Gasteiger partial charge in [0.25, 0.3) is 0 Å². The SMILES string of the molecule is COc1ccc2nc(N(Cc3ccccc3)C(=O)CCCS(=O)(=O)Cc3ccccc3)sc2c1. The van der Waals surface area contributed by atoms with Gasteiger partial charge < -0.3 is 4.74 Å². The van der Waals surface area contributed by atoms with Crippen molar-refractivity contribution in [2.24, 2.45) is 0 Å². The Balaban J connectivity index is 1.49. The van der Waals surface area contributed by atoms with E-state index in [0.29, 0.717) is 11.7 Å². The number of amides is 1. The van der Waals surface area contributed by atoms with Gasteiger partial charge in [-0.25, -0.2) is 13.4 Å². The van der Waals surface area contributed by atoms with Gasteiger partial charge in [-0.05, 0) is 35.7 Å². The third kappa shape index (κ3) is 6.21. The number of benzene rings is 3. The molecule has 4 rings (SSSR count). The van der Waals surface area contributed by atoms with E-state index in [9.17, 15) is 13.2 Å². The maximum Gasteiger partial charge on any atom is 0.229 e. The molecule has 0 unspecified atom stereocenters. The molecule has 0 saturated heterocycles. The predicted molar refractivity (Wildman–Crippen MR) is 137 cm³/mol. The van der Waals surface area contributed by atoms with Crippen molar-refractivity contribution in [3.63, 3.8) is 0 Å². The lowest BCUT2D eigenvalue weighted by Gasteiger charge is -2.20. The molecule has 0 bridgehead atoms. The van der Waals surface area contributed by atoms with Gasteiger partial charge in [0.2, 0.25) is 5.91 Å². The van der Waals surface area contributed by atoms with E-state index in [0.717, 1.165) is 27.1 Å². The molecule has 176 valence electrons. The number of thiazole rings is 1. The molecule has 1 amide bonds. The second kappa shape index (κ2) is 10.8. The molecule has 8 heteroatoms. The van der Waals surface area contributed by atoms with Gasteiger partial charge in [-0.1, -0.05) is 72.0 Å². The van der Waals surface area contributed by atoms with Crippen LogP contribution in [0.4, 0.5) is 5.13 Å². The zero-order valence-corrected chi connectivity index (χ0v) is 20.5. The number of methoxy groups -OCH3 is 1. The minimum absolute atomic E-state index is 0.0184. The highest BCUT2D eigenvalue weighted by molar-refractivity contribution is 7.90. The third-order valence-corrected chi connectivity index (χ3v) is 8.10. The lowest BCUT2D eigenvalue weighted by Crippen LogP contribution is -2.30. The molecule has 0 radical (unpaired) electrons. The van der Waals surface area contributed by atoms with E-state index >= 15 is 0 Å². The molecular formula is C26H26N2O4S2. The number of hydrogen-bond acceptors (Lipinski definition) is 6. The minimum Gasteiger partial charge on any atom is -0.497 e. The Morgan fingerprint density at radius 2 is 1.65 bits per heavy atom. The summed E-state index contributed by atoms with van der Waals surface area (Å²) in [5, 5.41) is 0.587. The highest BCUT2D eigenvalue weighted by Gasteiger charge is 2.21. The van der Waals surface area contributed by atoms with E-state index in [1.165, 1.54) is 11.3 Å². The van der Waals surface area contributed by atoms with Gasteiger partial charge in [0.15, 0.2) is 15.0 Å². The number of nitrogens with zero attached hydrogens (tertiary/aromatic N) is 2. The largest absolute Gasteiger partial charge is 0.497 e. The first kappa shape index (κ1) is 23.9. The Bertz CT molecular complexity index is 1350. The van der Waals surface area contributed by atoms with Crippen LogP contribution < -0.4 is 9.64 Å². The van der Waals surface area contributed by atoms with Crippen LogP contribution in [0.5, 0.6) is 5.75 Å². The maximum absolute atomic E-state index is 13.3. The average molecular weight is 495 g/mol. The van der Waals surface area contributed by atoms with Crippen molar-refractivity contribution in [3.8, 4) is 5.75 Å². The number of aromatic nitrogens is 1. The van der Waals surface area contributed by atoms with Crippen molar-refractivity contribution >= 4 is 42.4 Å². The van der Waals surface area contributed by atoms with Gasteiger partial charge in [-0.2, -0.15) is 0 Å².